The second kappa shape index (κ2) is 39.8. The van der Waals surface area contributed by atoms with Crippen molar-refractivity contribution >= 4 is 0 Å². The lowest BCUT2D eigenvalue weighted by molar-refractivity contribution is 0.0294. The Morgan fingerprint density at radius 1 is 0.396 bits per heavy atom. The summed E-state index contributed by atoms with van der Waals surface area (Å²) in [5.74, 6) is 10.6. The van der Waals surface area contributed by atoms with E-state index in [9.17, 15) is 4.39 Å². The number of benzene rings is 4. The van der Waals surface area contributed by atoms with Crippen LogP contribution in [-0.2, 0) is 25.7 Å². The van der Waals surface area contributed by atoms with Gasteiger partial charge in [0.15, 0.2) is 46.0 Å². The fourth-order valence-electron chi connectivity index (χ4n) is 17.9. The van der Waals surface area contributed by atoms with Gasteiger partial charge in [0.05, 0.1) is 67.6 Å². The van der Waals surface area contributed by atoms with Crippen LogP contribution in [0.5, 0.6) is 46.0 Å². The van der Waals surface area contributed by atoms with Crippen molar-refractivity contribution in [2.75, 3.05) is 168 Å². The van der Waals surface area contributed by atoms with Gasteiger partial charge in [0.25, 0.3) is 0 Å². The van der Waals surface area contributed by atoms with Crippen LogP contribution in [0.2, 0.25) is 0 Å². The number of rotatable bonds is 28. The highest BCUT2D eigenvalue weighted by atomic mass is 19.1. The number of nitriles is 1. The molecule has 0 N–H and O–H groups in total. The molecular weight excluding hydrogens is 1330 g/mol. The number of likely N-dealkylation sites (N-methyl/N-ethyl adjacent to an activating group) is 4. The van der Waals surface area contributed by atoms with Crippen LogP contribution < -0.4 is 37.9 Å². The number of piperazine rings is 4. The molecule has 0 bridgehead atoms. The predicted molar refractivity (Wildman–Crippen MR) is 427 cm³/mol. The van der Waals surface area contributed by atoms with E-state index < -0.39 is 0 Å². The Bertz CT molecular complexity index is 3430. The summed E-state index contributed by atoms with van der Waals surface area (Å²) >= 11 is 0. The van der Waals surface area contributed by atoms with Crippen LogP contribution in [-0.4, -0.2) is 232 Å². The van der Waals surface area contributed by atoms with E-state index in [4.69, 9.17) is 43.2 Å². The third-order valence-electron chi connectivity index (χ3n) is 24.1. The first-order valence-corrected chi connectivity index (χ1v) is 41.2. The zero-order valence-corrected chi connectivity index (χ0v) is 68.6. The van der Waals surface area contributed by atoms with Crippen molar-refractivity contribution in [1.29, 1.82) is 5.26 Å². The maximum atomic E-state index is 12.3. The van der Waals surface area contributed by atoms with Gasteiger partial charge in [-0.15, -0.1) is 0 Å². The van der Waals surface area contributed by atoms with Crippen LogP contribution in [0.4, 0.5) is 4.39 Å². The van der Waals surface area contributed by atoms with Gasteiger partial charge in [0.2, 0.25) is 0 Å². The number of alkyl halides is 1. The molecule has 18 heteroatoms. The van der Waals surface area contributed by atoms with Crippen molar-refractivity contribution in [2.24, 2.45) is 29.6 Å². The average Bonchev–Trinajstić information content (AvgIpc) is 1.32. The minimum Gasteiger partial charge on any atom is -0.493 e. The summed E-state index contributed by atoms with van der Waals surface area (Å²) in [6, 6.07) is 24.3. The van der Waals surface area contributed by atoms with Crippen molar-refractivity contribution in [3.8, 4) is 52.1 Å². The number of methoxy groups -OCH3 is 4. The van der Waals surface area contributed by atoms with E-state index in [1.807, 2.05) is 0 Å². The molecule has 0 radical (unpaired) electrons. The van der Waals surface area contributed by atoms with Crippen molar-refractivity contribution in [2.45, 2.75) is 213 Å². The minimum absolute atomic E-state index is 0.284. The fraction of sp³-hybridized carbons (Fsp3) is 0.716. The maximum absolute atomic E-state index is 12.3. The highest BCUT2D eigenvalue weighted by Gasteiger charge is 2.42. The molecule has 4 aromatic carbocycles. The number of hydrogen-bond acceptors (Lipinski definition) is 17. The molecule has 0 amide bonds. The molecule has 0 unspecified atom stereocenters. The molecule has 17 nitrogen and oxygen atoms in total. The van der Waals surface area contributed by atoms with Gasteiger partial charge in [-0.3, -0.25) is 24.0 Å². The van der Waals surface area contributed by atoms with E-state index in [1.54, 1.807) is 28.4 Å². The number of nitrogens with zero attached hydrogens (tertiary/aromatic N) is 9. The lowest BCUT2D eigenvalue weighted by Gasteiger charge is -2.48. The van der Waals surface area contributed by atoms with E-state index in [-0.39, 0.29) is 6.67 Å². The molecule has 8 heterocycles. The minimum atomic E-state index is -0.284. The summed E-state index contributed by atoms with van der Waals surface area (Å²) in [7, 11) is 16.0. The van der Waals surface area contributed by atoms with E-state index in [0.717, 1.165) is 206 Å². The van der Waals surface area contributed by atoms with Gasteiger partial charge >= 0.3 is 0 Å². The fourth-order valence-corrected chi connectivity index (χ4v) is 17.9. The van der Waals surface area contributed by atoms with Gasteiger partial charge < -0.3 is 57.5 Å². The molecule has 1 aliphatic carbocycles. The third kappa shape index (κ3) is 21.7. The van der Waals surface area contributed by atoms with Crippen molar-refractivity contribution in [1.82, 2.24) is 39.2 Å². The summed E-state index contributed by atoms with van der Waals surface area (Å²) in [6.07, 6.45) is 16.8. The maximum Gasteiger partial charge on any atom is 0.161 e. The number of unbranched alkanes of at least 4 members (excludes halogenated alkanes) is 3. The molecule has 4 saturated heterocycles. The Morgan fingerprint density at radius 2 is 0.689 bits per heavy atom. The Kier molecular flexibility index (Phi) is 31.1. The van der Waals surface area contributed by atoms with Crippen molar-refractivity contribution < 1.29 is 42.3 Å². The lowest BCUT2D eigenvalue weighted by atomic mass is 9.88. The number of ether oxygens (including phenoxy) is 8. The number of fused-ring (bicyclic) bond motifs is 12. The summed E-state index contributed by atoms with van der Waals surface area (Å²) < 4.78 is 58.8. The van der Waals surface area contributed by atoms with E-state index in [2.05, 4.69) is 184 Å². The predicted octanol–water partition coefficient (Wildman–Crippen LogP) is 15.6. The molecule has 9 aliphatic rings. The third-order valence-corrected chi connectivity index (χ3v) is 24.1. The Morgan fingerprint density at radius 3 is 0.953 bits per heavy atom. The number of hydrogen-bond donors (Lipinski definition) is 0. The van der Waals surface area contributed by atoms with Gasteiger partial charge in [-0.2, -0.15) is 5.26 Å². The smallest absolute Gasteiger partial charge is 0.161 e. The van der Waals surface area contributed by atoms with Gasteiger partial charge in [-0.25, -0.2) is 0 Å². The largest absolute Gasteiger partial charge is 0.493 e. The van der Waals surface area contributed by atoms with Crippen LogP contribution in [0.3, 0.4) is 0 Å². The molecule has 4 aromatic rings. The second-order valence-corrected chi connectivity index (χ2v) is 34.1. The normalized spacial score (nSPS) is 24.0. The molecule has 590 valence electrons. The van der Waals surface area contributed by atoms with Crippen LogP contribution in [0.25, 0.3) is 0 Å². The monoisotopic (exact) mass is 1470 g/mol. The second-order valence-electron chi connectivity index (χ2n) is 34.1. The van der Waals surface area contributed by atoms with E-state index in [0.29, 0.717) is 74.4 Å². The zero-order valence-electron chi connectivity index (χ0n) is 68.6. The molecule has 1 saturated carbocycles. The standard InChI is InChI=1S/C22H35FN2O2.C22H33N3O2.C22H34N2O2.C22H36N2O2/c2*1-16(2)11-18-14-25-9-7-17-12-22(27-10-6-5-8-23)21(26-4)13-19(17)20(25)15-24(18)3;1-15(2)9-18-12-24-8-7-17-10-22(26-14-16-5-6-16)21(25-4)11-19(17)20(24)13-23(18)3;1-6-7-10-26-22-12-17-8-9-24-14-18(11-16(2)3)23(4)15-20(24)19(17)13-21(22)25-5/h12-13,16,18,20H,5-11,14-15H2,1-4H3;12-13,16,18,20H,5-7,9-11,14-15H2,1-4H3;10-11,15-16,18,20H,5-9,12-14H2,1-4H3;12-13,16,18,20H,6-11,14-15H2,1-5H3/t4*18-,20-/m1111/s1. The molecule has 8 atom stereocenters. The Labute approximate surface area is 639 Å². The van der Waals surface area contributed by atoms with Gasteiger partial charge in [0.1, 0.15) is 0 Å². The molecule has 8 aliphatic heterocycles. The van der Waals surface area contributed by atoms with Gasteiger partial charge in [0, 0.05) is 133 Å². The van der Waals surface area contributed by atoms with Crippen LogP contribution in [0.15, 0.2) is 48.5 Å². The highest BCUT2D eigenvalue weighted by molar-refractivity contribution is 5.53. The van der Waals surface area contributed by atoms with Crippen LogP contribution in [0, 0.1) is 40.9 Å². The van der Waals surface area contributed by atoms with Crippen molar-refractivity contribution in [3.05, 3.63) is 93.0 Å². The zero-order chi connectivity index (χ0) is 75.7. The highest BCUT2D eigenvalue weighted by Crippen LogP contribution is 2.46. The SMILES string of the molecule is CCCCOc1cc2c(cc1OC)[C@H]1CN(C)[C@H](CC(C)C)CN1CC2.COc1cc2c(cc1OCC1CC1)CCN1C[C@@H](CC(C)C)N(C)C[C@H]21.COc1cc2c(cc1OCCCC#N)CCN1C[C@@H](CC(C)C)N(C)C[C@H]21.COc1cc2c(cc1OCCCCF)CCN1C[C@@H](CC(C)C)N(C)C[C@H]21. The average molecular weight is 1470 g/mol. The van der Waals surface area contributed by atoms with E-state index >= 15 is 0 Å². The molecule has 13 rings (SSSR count). The van der Waals surface area contributed by atoms with Crippen molar-refractivity contribution in [3.63, 3.8) is 0 Å². The molecule has 0 spiro atoms. The Hall–Kier alpha value is -5.62. The summed E-state index contributed by atoms with van der Waals surface area (Å²) in [6.45, 7) is 36.7. The van der Waals surface area contributed by atoms with Crippen LogP contribution >= 0.6 is 0 Å². The van der Waals surface area contributed by atoms with Gasteiger partial charge in [-0.05, 0) is 241 Å². The first-order valence-electron chi connectivity index (χ1n) is 41.2. The van der Waals surface area contributed by atoms with Gasteiger partial charge in [-0.1, -0.05) is 68.7 Å². The van der Waals surface area contributed by atoms with E-state index in [1.165, 1.54) is 96.1 Å². The molecule has 0 aromatic heterocycles. The Balaban J connectivity index is 0.000000151. The lowest BCUT2D eigenvalue weighted by Crippen LogP contribution is -2.55. The summed E-state index contributed by atoms with van der Waals surface area (Å²) in [5, 5.41) is 8.68. The molecular formula is C88H138FN9O8. The first kappa shape index (κ1) is 82.9. The topological polar surface area (TPSA) is 124 Å². The first-order chi connectivity index (χ1) is 51.1. The summed E-state index contributed by atoms with van der Waals surface area (Å²) in [4.78, 5) is 20.9. The van der Waals surface area contributed by atoms with Crippen LogP contribution in [0.1, 0.15) is 208 Å². The number of halogens is 1. The molecule has 5 fully saturated rings. The quantitative estimate of drug-likeness (QED) is 0.0501. The molecule has 106 heavy (non-hydrogen) atoms. The summed E-state index contributed by atoms with van der Waals surface area (Å²) in [5.41, 5.74) is 11.3.